The van der Waals surface area contributed by atoms with Crippen LogP contribution in [0.4, 0.5) is 11.4 Å². The van der Waals surface area contributed by atoms with Crippen molar-refractivity contribution in [3.8, 4) is 0 Å². The third kappa shape index (κ3) is 1.92. The Morgan fingerprint density at radius 1 is 1.32 bits per heavy atom. The van der Waals surface area contributed by atoms with Crippen LogP contribution >= 0.6 is 0 Å². The van der Waals surface area contributed by atoms with Crippen LogP contribution in [0, 0.1) is 16.0 Å². The number of benzene rings is 1. The van der Waals surface area contributed by atoms with E-state index in [9.17, 15) is 29.9 Å². The lowest BCUT2D eigenvalue weighted by Gasteiger charge is -2.34. The number of hydrogen-bond donors (Lipinski definition) is 3. The van der Waals surface area contributed by atoms with E-state index < -0.39 is 28.8 Å². The Kier molecular flexibility index (Phi) is 3.09. The van der Waals surface area contributed by atoms with Gasteiger partial charge in [0.25, 0.3) is 5.69 Å². The van der Waals surface area contributed by atoms with Crippen molar-refractivity contribution in [2.75, 3.05) is 5.32 Å². The molecule has 0 amide bonds. The van der Waals surface area contributed by atoms with Crippen LogP contribution in [0.5, 0.6) is 0 Å². The molecule has 8 heteroatoms. The van der Waals surface area contributed by atoms with Gasteiger partial charge in [0.1, 0.15) is 6.04 Å². The number of nitro benzene ring substituents is 1. The van der Waals surface area contributed by atoms with E-state index in [1.807, 2.05) is 0 Å². The van der Waals surface area contributed by atoms with Gasteiger partial charge in [-0.05, 0) is 12.5 Å². The first-order valence-electron chi connectivity index (χ1n) is 6.62. The number of fused-ring (bicyclic) bond motifs is 3. The van der Waals surface area contributed by atoms with Gasteiger partial charge in [0, 0.05) is 17.9 Å². The van der Waals surface area contributed by atoms with E-state index in [1.165, 1.54) is 0 Å². The summed E-state index contributed by atoms with van der Waals surface area (Å²) in [5.74, 6) is -3.21. The van der Waals surface area contributed by atoms with E-state index >= 15 is 0 Å². The van der Waals surface area contributed by atoms with Crippen molar-refractivity contribution >= 4 is 23.3 Å². The summed E-state index contributed by atoms with van der Waals surface area (Å²) in [6, 6.07) is 1.31. The Morgan fingerprint density at radius 2 is 2.05 bits per heavy atom. The third-order valence-corrected chi connectivity index (χ3v) is 4.19. The summed E-state index contributed by atoms with van der Waals surface area (Å²) < 4.78 is 0. The fourth-order valence-electron chi connectivity index (χ4n) is 3.27. The molecule has 0 aromatic heterocycles. The third-order valence-electron chi connectivity index (χ3n) is 4.19. The highest BCUT2D eigenvalue weighted by atomic mass is 16.6. The molecule has 2 aliphatic rings. The van der Waals surface area contributed by atoms with Crippen molar-refractivity contribution in [3.05, 3.63) is 45.5 Å². The van der Waals surface area contributed by atoms with Crippen LogP contribution in [-0.4, -0.2) is 33.1 Å². The molecule has 0 saturated carbocycles. The summed E-state index contributed by atoms with van der Waals surface area (Å²) in [6.07, 6.45) is 3.97. The van der Waals surface area contributed by atoms with Gasteiger partial charge < -0.3 is 15.5 Å². The highest BCUT2D eigenvalue weighted by Gasteiger charge is 2.45. The van der Waals surface area contributed by atoms with Gasteiger partial charge in [-0.3, -0.25) is 10.1 Å². The van der Waals surface area contributed by atoms with Crippen LogP contribution in [0.15, 0.2) is 24.3 Å². The first-order chi connectivity index (χ1) is 10.4. The lowest BCUT2D eigenvalue weighted by Crippen LogP contribution is -2.42. The van der Waals surface area contributed by atoms with E-state index in [-0.39, 0.29) is 28.4 Å². The zero-order chi connectivity index (χ0) is 16.0. The van der Waals surface area contributed by atoms with Gasteiger partial charge in [-0.25, -0.2) is 9.59 Å². The molecule has 3 rings (SSSR count). The van der Waals surface area contributed by atoms with E-state index in [1.54, 1.807) is 12.2 Å². The van der Waals surface area contributed by atoms with Gasteiger partial charge in [-0.15, -0.1) is 0 Å². The molecule has 3 N–H and O–H groups in total. The van der Waals surface area contributed by atoms with Crippen molar-refractivity contribution in [1.82, 2.24) is 0 Å². The molecule has 1 aromatic rings. The SMILES string of the molecule is O=C(O)c1ccc([N+](=O)[O-])c2c1N[C@@H](C(=O)O)[C@@H]1CC=C[C@@H]21. The standard InChI is InChI=1S/C14H12N2O6/c17-13(18)8-4-5-9(16(21)22)10-6-2-1-3-7(6)12(14(19)20)15-11(8)10/h1-2,4-7,12,15H,3H2,(H,17,18)(H,19,20)/t6-,7-,12-/m1/s1. The minimum absolute atomic E-state index is 0.0295. The Bertz CT molecular complexity index is 726. The zero-order valence-electron chi connectivity index (χ0n) is 11.2. The van der Waals surface area contributed by atoms with Crippen LogP contribution in [0.3, 0.4) is 0 Å². The van der Waals surface area contributed by atoms with E-state index in [0.717, 1.165) is 12.1 Å². The highest BCUT2D eigenvalue weighted by Crippen LogP contribution is 2.49. The number of nitrogens with zero attached hydrogens (tertiary/aromatic N) is 1. The van der Waals surface area contributed by atoms with E-state index in [0.29, 0.717) is 6.42 Å². The van der Waals surface area contributed by atoms with Crippen LogP contribution in [-0.2, 0) is 4.79 Å². The van der Waals surface area contributed by atoms with Gasteiger partial charge in [-0.1, -0.05) is 12.2 Å². The molecule has 0 bridgehead atoms. The van der Waals surface area contributed by atoms with Gasteiger partial charge in [0.2, 0.25) is 0 Å². The first kappa shape index (κ1) is 14.1. The summed E-state index contributed by atoms with van der Waals surface area (Å²) in [6.45, 7) is 0. The molecule has 8 nitrogen and oxygen atoms in total. The lowest BCUT2D eigenvalue weighted by molar-refractivity contribution is -0.385. The molecular formula is C14H12N2O6. The molecule has 0 fully saturated rings. The summed E-state index contributed by atoms with van der Waals surface area (Å²) in [4.78, 5) is 33.5. The Balaban J connectivity index is 2.27. The van der Waals surface area contributed by atoms with Crippen LogP contribution in [0.1, 0.15) is 28.3 Å². The largest absolute Gasteiger partial charge is 0.480 e. The number of allylic oxidation sites excluding steroid dienone is 2. The number of carboxylic acid groups (broad SMARTS) is 2. The maximum Gasteiger partial charge on any atom is 0.337 e. The number of hydrogen-bond acceptors (Lipinski definition) is 5. The van der Waals surface area contributed by atoms with Crippen molar-refractivity contribution in [3.63, 3.8) is 0 Å². The maximum atomic E-state index is 11.4. The van der Waals surface area contributed by atoms with Gasteiger partial charge >= 0.3 is 11.9 Å². The smallest absolute Gasteiger partial charge is 0.337 e. The second-order valence-corrected chi connectivity index (χ2v) is 5.30. The van der Waals surface area contributed by atoms with E-state index in [4.69, 9.17) is 0 Å². The Morgan fingerprint density at radius 3 is 2.64 bits per heavy atom. The zero-order valence-corrected chi connectivity index (χ0v) is 11.2. The molecule has 1 aliphatic heterocycles. The second kappa shape index (κ2) is 4.83. The minimum Gasteiger partial charge on any atom is -0.480 e. The summed E-state index contributed by atoms with van der Waals surface area (Å²) in [5.41, 5.74) is -0.0773. The van der Waals surface area contributed by atoms with Crippen molar-refractivity contribution in [2.24, 2.45) is 5.92 Å². The first-order valence-corrected chi connectivity index (χ1v) is 6.62. The van der Waals surface area contributed by atoms with Crippen molar-refractivity contribution in [1.29, 1.82) is 0 Å². The monoisotopic (exact) mass is 304 g/mol. The number of nitrogens with one attached hydrogen (secondary N) is 1. The molecule has 22 heavy (non-hydrogen) atoms. The topological polar surface area (TPSA) is 130 Å². The number of nitro groups is 1. The van der Waals surface area contributed by atoms with Crippen molar-refractivity contribution < 1.29 is 24.7 Å². The van der Waals surface area contributed by atoms with Gasteiger partial charge in [0.15, 0.2) is 0 Å². The molecule has 1 heterocycles. The predicted molar refractivity (Wildman–Crippen MR) is 75.1 cm³/mol. The fourth-order valence-corrected chi connectivity index (χ4v) is 3.27. The molecule has 1 aromatic carbocycles. The highest BCUT2D eigenvalue weighted by molar-refractivity contribution is 5.98. The molecule has 0 radical (unpaired) electrons. The molecule has 114 valence electrons. The number of rotatable bonds is 3. The second-order valence-electron chi connectivity index (χ2n) is 5.30. The van der Waals surface area contributed by atoms with Crippen LogP contribution < -0.4 is 5.32 Å². The molecule has 3 atom stereocenters. The molecular weight excluding hydrogens is 292 g/mol. The number of aliphatic carboxylic acids is 1. The van der Waals surface area contributed by atoms with Gasteiger partial charge in [-0.2, -0.15) is 0 Å². The number of anilines is 1. The lowest BCUT2D eigenvalue weighted by atomic mass is 9.77. The number of aromatic carboxylic acids is 1. The summed E-state index contributed by atoms with van der Waals surface area (Å²) >= 11 is 0. The maximum absolute atomic E-state index is 11.4. The minimum atomic E-state index is -1.26. The van der Waals surface area contributed by atoms with Crippen LogP contribution in [0.2, 0.25) is 0 Å². The average molecular weight is 304 g/mol. The quantitative estimate of drug-likeness (QED) is 0.441. The van der Waals surface area contributed by atoms with Crippen LogP contribution in [0.25, 0.3) is 0 Å². The van der Waals surface area contributed by atoms with Gasteiger partial charge in [0.05, 0.1) is 21.7 Å². The molecule has 0 spiro atoms. The number of carboxylic acids is 2. The number of carbonyl (C=O) groups is 2. The summed E-state index contributed by atoms with van der Waals surface area (Å²) in [5, 5.41) is 32.5. The Labute approximate surface area is 124 Å². The molecule has 1 aliphatic carbocycles. The summed E-state index contributed by atoms with van der Waals surface area (Å²) in [7, 11) is 0. The Hall–Kier alpha value is -2.90. The fraction of sp³-hybridized carbons (Fsp3) is 0.286. The normalized spacial score (nSPS) is 25.0. The predicted octanol–water partition coefficient (Wildman–Crippen LogP) is 1.83. The van der Waals surface area contributed by atoms with Crippen molar-refractivity contribution in [2.45, 2.75) is 18.4 Å². The molecule has 0 saturated heterocycles. The average Bonchev–Trinajstić information content (AvgIpc) is 2.93. The molecule has 0 unspecified atom stereocenters. The van der Waals surface area contributed by atoms with E-state index in [2.05, 4.69) is 5.32 Å².